The molecular formula is C19H24N4O3. The van der Waals surface area contributed by atoms with Gasteiger partial charge in [-0.25, -0.2) is 4.79 Å². The number of rotatable bonds is 6. The Morgan fingerprint density at radius 2 is 1.96 bits per heavy atom. The molecule has 2 heterocycles. The zero-order valence-electron chi connectivity index (χ0n) is 15.2. The summed E-state index contributed by atoms with van der Waals surface area (Å²) in [6.45, 7) is 5.63. The molecule has 0 bridgehead atoms. The second-order valence-electron chi connectivity index (χ2n) is 7.09. The molecule has 1 saturated heterocycles. The van der Waals surface area contributed by atoms with Gasteiger partial charge < -0.3 is 15.6 Å². The van der Waals surface area contributed by atoms with Crippen molar-refractivity contribution in [2.24, 2.45) is 5.92 Å². The molecular weight excluding hydrogens is 332 g/mol. The summed E-state index contributed by atoms with van der Waals surface area (Å²) in [7, 11) is 0. The van der Waals surface area contributed by atoms with E-state index in [1.807, 2.05) is 51.2 Å². The van der Waals surface area contributed by atoms with Gasteiger partial charge in [0.15, 0.2) is 0 Å². The second-order valence-corrected chi connectivity index (χ2v) is 7.09. The standard InChI is InChI=1S/C19H24N4O3/c1-11(2)12(3)21-17(24)10-23-18(25)16(22-19(23)26)8-13-9-20-15-7-5-4-6-14(13)15/h4-7,9,11-12,16,20H,8,10H2,1-3H3,(H,21,24)(H,22,26)/t12-,16+/m0/s1. The van der Waals surface area contributed by atoms with E-state index < -0.39 is 12.1 Å². The Hall–Kier alpha value is -2.83. The number of nitrogens with one attached hydrogen (secondary N) is 3. The van der Waals surface area contributed by atoms with Crippen molar-refractivity contribution in [1.29, 1.82) is 0 Å². The summed E-state index contributed by atoms with van der Waals surface area (Å²) in [5, 5.41) is 6.52. The lowest BCUT2D eigenvalue weighted by Gasteiger charge is -2.19. The quantitative estimate of drug-likeness (QED) is 0.689. The van der Waals surface area contributed by atoms with Crippen molar-refractivity contribution in [2.75, 3.05) is 6.54 Å². The molecule has 1 aromatic carbocycles. The van der Waals surface area contributed by atoms with E-state index in [1.54, 1.807) is 0 Å². The first-order valence-corrected chi connectivity index (χ1v) is 8.83. The average Bonchev–Trinajstić information content (AvgIpc) is 3.11. The number of urea groups is 1. The number of fused-ring (bicyclic) bond motifs is 1. The van der Waals surface area contributed by atoms with Crippen LogP contribution in [0.5, 0.6) is 0 Å². The molecule has 1 aromatic heterocycles. The molecule has 0 radical (unpaired) electrons. The van der Waals surface area contributed by atoms with Crippen LogP contribution in [0.3, 0.4) is 0 Å². The van der Waals surface area contributed by atoms with Crippen LogP contribution in [0, 0.1) is 5.92 Å². The zero-order valence-corrected chi connectivity index (χ0v) is 15.2. The number of aromatic amines is 1. The van der Waals surface area contributed by atoms with Crippen molar-refractivity contribution >= 4 is 28.7 Å². The molecule has 0 saturated carbocycles. The second kappa shape index (κ2) is 7.19. The predicted molar refractivity (Wildman–Crippen MR) is 98.5 cm³/mol. The number of aromatic nitrogens is 1. The minimum Gasteiger partial charge on any atom is -0.361 e. The highest BCUT2D eigenvalue weighted by Gasteiger charge is 2.39. The summed E-state index contributed by atoms with van der Waals surface area (Å²) in [6, 6.07) is 6.60. The molecule has 0 unspecified atom stereocenters. The number of carbonyl (C=O) groups is 3. The minimum atomic E-state index is -0.656. The molecule has 1 fully saturated rings. The molecule has 26 heavy (non-hydrogen) atoms. The fraction of sp³-hybridized carbons (Fsp3) is 0.421. The molecule has 0 spiro atoms. The van der Waals surface area contributed by atoms with Gasteiger partial charge in [-0.1, -0.05) is 32.0 Å². The molecule has 2 aromatic rings. The molecule has 7 nitrogen and oxygen atoms in total. The summed E-state index contributed by atoms with van der Waals surface area (Å²) in [6.07, 6.45) is 2.24. The minimum absolute atomic E-state index is 0.0229. The van der Waals surface area contributed by atoms with Crippen LogP contribution in [0.2, 0.25) is 0 Å². The topological polar surface area (TPSA) is 94.3 Å². The van der Waals surface area contributed by atoms with Crippen LogP contribution in [0.1, 0.15) is 26.3 Å². The van der Waals surface area contributed by atoms with Gasteiger partial charge in [-0.3, -0.25) is 14.5 Å². The molecule has 0 aliphatic carbocycles. The predicted octanol–water partition coefficient (Wildman–Crippen LogP) is 1.79. The SMILES string of the molecule is CC(C)[C@H](C)NC(=O)CN1C(=O)N[C@H](Cc2c[nH]c3ccccc23)C1=O. The van der Waals surface area contributed by atoms with Crippen molar-refractivity contribution in [1.82, 2.24) is 20.5 Å². The monoisotopic (exact) mass is 356 g/mol. The number of hydrogen-bond acceptors (Lipinski definition) is 3. The van der Waals surface area contributed by atoms with E-state index in [-0.39, 0.29) is 30.3 Å². The van der Waals surface area contributed by atoms with Crippen LogP contribution in [-0.2, 0) is 16.0 Å². The lowest BCUT2D eigenvalue weighted by Crippen LogP contribution is -2.45. The normalized spacial score (nSPS) is 18.5. The average molecular weight is 356 g/mol. The first-order chi connectivity index (χ1) is 12.4. The van der Waals surface area contributed by atoms with Crippen LogP contribution in [0.4, 0.5) is 4.79 Å². The van der Waals surface area contributed by atoms with Gasteiger partial charge in [0.1, 0.15) is 12.6 Å². The first kappa shape index (κ1) is 18.0. The summed E-state index contributed by atoms with van der Waals surface area (Å²) < 4.78 is 0. The number of amides is 4. The Bertz CT molecular complexity index is 842. The molecule has 138 valence electrons. The first-order valence-electron chi connectivity index (χ1n) is 8.83. The van der Waals surface area contributed by atoms with Gasteiger partial charge in [-0.05, 0) is 24.5 Å². The number of hydrogen-bond donors (Lipinski definition) is 3. The van der Waals surface area contributed by atoms with Crippen molar-refractivity contribution < 1.29 is 14.4 Å². The smallest absolute Gasteiger partial charge is 0.325 e. The maximum Gasteiger partial charge on any atom is 0.325 e. The Labute approximate surface area is 152 Å². The maximum absolute atomic E-state index is 12.6. The Kier molecular flexibility index (Phi) is 4.97. The van der Waals surface area contributed by atoms with Crippen LogP contribution in [0.15, 0.2) is 30.5 Å². The Balaban J connectivity index is 1.66. The molecule has 4 amide bonds. The van der Waals surface area contributed by atoms with Crippen LogP contribution in [-0.4, -0.2) is 46.4 Å². The number of benzene rings is 1. The number of para-hydroxylation sites is 1. The molecule has 1 aliphatic rings. The summed E-state index contributed by atoms with van der Waals surface area (Å²) >= 11 is 0. The lowest BCUT2D eigenvalue weighted by molar-refractivity contribution is -0.132. The van der Waals surface area contributed by atoms with E-state index in [4.69, 9.17) is 0 Å². The zero-order chi connectivity index (χ0) is 18.8. The lowest BCUT2D eigenvalue weighted by atomic mass is 10.1. The molecule has 1 aliphatic heterocycles. The van der Waals surface area contributed by atoms with Crippen molar-refractivity contribution in [3.8, 4) is 0 Å². The van der Waals surface area contributed by atoms with Crippen LogP contribution in [0.25, 0.3) is 10.9 Å². The summed E-state index contributed by atoms with van der Waals surface area (Å²) in [4.78, 5) is 41.0. The Morgan fingerprint density at radius 1 is 1.23 bits per heavy atom. The van der Waals surface area contributed by atoms with E-state index in [9.17, 15) is 14.4 Å². The number of imide groups is 1. The highest BCUT2D eigenvalue weighted by molar-refractivity contribution is 6.06. The van der Waals surface area contributed by atoms with Gasteiger partial charge in [0, 0.05) is 29.6 Å². The highest BCUT2D eigenvalue weighted by Crippen LogP contribution is 2.21. The molecule has 2 atom stereocenters. The van der Waals surface area contributed by atoms with Gasteiger partial charge in [0.2, 0.25) is 5.91 Å². The van der Waals surface area contributed by atoms with Crippen molar-refractivity contribution in [3.05, 3.63) is 36.0 Å². The van der Waals surface area contributed by atoms with Crippen LogP contribution < -0.4 is 10.6 Å². The number of nitrogens with zero attached hydrogens (tertiary/aromatic N) is 1. The van der Waals surface area contributed by atoms with Gasteiger partial charge in [-0.2, -0.15) is 0 Å². The van der Waals surface area contributed by atoms with Crippen LogP contribution >= 0.6 is 0 Å². The van der Waals surface area contributed by atoms with Crippen molar-refractivity contribution in [2.45, 2.75) is 39.3 Å². The summed E-state index contributed by atoms with van der Waals surface area (Å²) in [5.74, 6) is -0.424. The fourth-order valence-corrected chi connectivity index (χ4v) is 3.00. The number of carbonyl (C=O) groups excluding carboxylic acids is 3. The molecule has 7 heteroatoms. The molecule has 3 rings (SSSR count). The largest absolute Gasteiger partial charge is 0.361 e. The van der Waals surface area contributed by atoms with E-state index >= 15 is 0 Å². The van der Waals surface area contributed by atoms with Gasteiger partial charge in [0.05, 0.1) is 0 Å². The highest BCUT2D eigenvalue weighted by atomic mass is 16.2. The van der Waals surface area contributed by atoms with E-state index in [2.05, 4.69) is 15.6 Å². The third kappa shape index (κ3) is 3.56. The third-order valence-electron chi connectivity index (χ3n) is 4.90. The maximum atomic E-state index is 12.6. The van der Waals surface area contributed by atoms with Gasteiger partial charge in [-0.15, -0.1) is 0 Å². The van der Waals surface area contributed by atoms with E-state index in [0.717, 1.165) is 21.4 Å². The van der Waals surface area contributed by atoms with Crippen molar-refractivity contribution in [3.63, 3.8) is 0 Å². The van der Waals surface area contributed by atoms with Gasteiger partial charge in [0.25, 0.3) is 5.91 Å². The number of H-pyrrole nitrogens is 1. The fourth-order valence-electron chi connectivity index (χ4n) is 3.00. The summed E-state index contributed by atoms with van der Waals surface area (Å²) in [5.41, 5.74) is 1.94. The van der Waals surface area contributed by atoms with E-state index in [1.165, 1.54) is 0 Å². The molecule has 3 N–H and O–H groups in total. The Morgan fingerprint density at radius 3 is 2.69 bits per heavy atom. The van der Waals surface area contributed by atoms with E-state index in [0.29, 0.717) is 6.42 Å². The third-order valence-corrected chi connectivity index (χ3v) is 4.90. The van der Waals surface area contributed by atoms with Gasteiger partial charge >= 0.3 is 6.03 Å².